The monoisotopic (exact) mass is 162 g/mol. The summed E-state index contributed by atoms with van der Waals surface area (Å²) in [6.07, 6.45) is 0.467. The molecule has 3 nitrogen and oxygen atoms in total. The van der Waals surface area contributed by atoms with E-state index >= 15 is 0 Å². The highest BCUT2D eigenvalue weighted by Gasteiger charge is 2.15. The molecular weight excluding hydrogens is 152 g/mol. The minimum Gasteiger partial charge on any atom is -0.398 e. The molecule has 0 radical (unpaired) electrons. The summed E-state index contributed by atoms with van der Waals surface area (Å²) in [4.78, 5) is 11.1. The van der Waals surface area contributed by atoms with Crippen LogP contribution in [0.5, 0.6) is 0 Å². The number of nitrogen functional groups attached to an aromatic ring is 1. The molecule has 0 saturated carbocycles. The molecule has 0 unspecified atom stereocenters. The van der Waals surface area contributed by atoms with Gasteiger partial charge in [-0.15, -0.1) is 0 Å². The van der Waals surface area contributed by atoms with Gasteiger partial charge in [-0.2, -0.15) is 0 Å². The van der Waals surface area contributed by atoms with Gasteiger partial charge in [0, 0.05) is 23.4 Å². The summed E-state index contributed by atoms with van der Waals surface area (Å²) in [5.74, 6) is 0.195. The van der Waals surface area contributed by atoms with Crippen molar-refractivity contribution < 1.29 is 4.79 Å². The molecule has 1 aromatic carbocycles. The molecule has 0 spiro atoms. The Morgan fingerprint density at radius 2 is 2.25 bits per heavy atom. The highest BCUT2D eigenvalue weighted by atomic mass is 16.1. The molecule has 0 aliphatic carbocycles. The first-order valence-electron chi connectivity index (χ1n) is 3.90. The van der Waals surface area contributed by atoms with Gasteiger partial charge < -0.3 is 11.1 Å². The zero-order chi connectivity index (χ0) is 8.55. The summed E-state index contributed by atoms with van der Waals surface area (Å²) in [6.45, 7) is 0.427. The normalized spacial score (nSPS) is 15.2. The zero-order valence-corrected chi connectivity index (χ0v) is 6.63. The molecule has 0 saturated heterocycles. The van der Waals surface area contributed by atoms with Gasteiger partial charge in [-0.05, 0) is 12.1 Å². The van der Waals surface area contributed by atoms with Gasteiger partial charge >= 0.3 is 0 Å². The van der Waals surface area contributed by atoms with Crippen LogP contribution in [-0.4, -0.2) is 12.3 Å². The number of carbonyl (C=O) groups excluding carboxylic acids is 1. The van der Waals surface area contributed by atoms with E-state index in [1.54, 1.807) is 0 Å². The van der Waals surface area contributed by atoms with Crippen LogP contribution in [0.25, 0.3) is 0 Å². The van der Waals surface area contributed by atoms with Gasteiger partial charge in [0.25, 0.3) is 0 Å². The van der Waals surface area contributed by atoms with Gasteiger partial charge in [-0.1, -0.05) is 6.07 Å². The first kappa shape index (κ1) is 7.16. The minimum atomic E-state index is 0.195. The van der Waals surface area contributed by atoms with Crippen molar-refractivity contribution in [3.05, 3.63) is 23.8 Å². The largest absolute Gasteiger partial charge is 0.398 e. The second kappa shape index (κ2) is 2.52. The molecular formula is C9H10N2O. The summed E-state index contributed by atoms with van der Waals surface area (Å²) >= 11 is 0. The Labute approximate surface area is 70.6 Å². The van der Waals surface area contributed by atoms with E-state index in [1.165, 1.54) is 0 Å². The minimum absolute atomic E-state index is 0.195. The summed E-state index contributed by atoms with van der Waals surface area (Å²) in [6, 6.07) is 5.65. The van der Waals surface area contributed by atoms with Crippen LogP contribution >= 0.6 is 0 Å². The Morgan fingerprint density at radius 1 is 1.42 bits per heavy atom. The quantitative estimate of drug-likeness (QED) is 0.555. The predicted octanol–water partition coefficient (Wildman–Crippen LogP) is 0.806. The van der Waals surface area contributed by atoms with E-state index in [1.807, 2.05) is 18.2 Å². The highest BCUT2D eigenvalue weighted by Crippen LogP contribution is 2.25. The van der Waals surface area contributed by atoms with Gasteiger partial charge in [0.15, 0.2) is 5.78 Å². The number of hydrogen-bond acceptors (Lipinski definition) is 3. The molecule has 1 aromatic rings. The first-order chi connectivity index (χ1) is 5.77. The van der Waals surface area contributed by atoms with Crippen molar-refractivity contribution in [1.82, 2.24) is 0 Å². The van der Waals surface area contributed by atoms with Gasteiger partial charge in [0.1, 0.15) is 0 Å². The Morgan fingerprint density at radius 3 is 3.08 bits per heavy atom. The average Bonchev–Trinajstić information content (AvgIpc) is 2.07. The summed E-state index contributed by atoms with van der Waals surface area (Å²) in [5.41, 5.74) is 8.35. The number of benzene rings is 1. The lowest BCUT2D eigenvalue weighted by Crippen LogP contribution is -2.23. The van der Waals surface area contributed by atoms with E-state index in [0.29, 0.717) is 18.7 Å². The highest BCUT2D eigenvalue weighted by molar-refractivity contribution is 5.91. The van der Waals surface area contributed by atoms with Crippen molar-refractivity contribution >= 4 is 17.2 Å². The standard InChI is InChI=1S/C9H10N2O/c10-8-2-1-3-9-7(8)4-6(12)5-11-9/h1-3,11H,4-5,10H2. The second-order valence-corrected chi connectivity index (χ2v) is 2.94. The summed E-state index contributed by atoms with van der Waals surface area (Å²) in [7, 11) is 0. The molecule has 12 heavy (non-hydrogen) atoms. The molecule has 3 N–H and O–H groups in total. The van der Waals surface area contributed by atoms with Crippen molar-refractivity contribution in [1.29, 1.82) is 0 Å². The van der Waals surface area contributed by atoms with Crippen molar-refractivity contribution in [3.8, 4) is 0 Å². The third-order valence-electron chi connectivity index (χ3n) is 2.06. The number of nitrogens with one attached hydrogen (secondary N) is 1. The predicted molar refractivity (Wildman–Crippen MR) is 48.1 cm³/mol. The van der Waals surface area contributed by atoms with Crippen molar-refractivity contribution in [2.24, 2.45) is 0 Å². The number of Topliss-reactive ketones (excluding diaryl/α,β-unsaturated/α-hetero) is 1. The summed E-state index contributed by atoms with van der Waals surface area (Å²) in [5, 5.41) is 3.02. The molecule has 1 aliphatic heterocycles. The van der Waals surface area contributed by atoms with E-state index in [0.717, 1.165) is 11.3 Å². The molecule has 3 heteroatoms. The van der Waals surface area contributed by atoms with E-state index in [-0.39, 0.29) is 5.78 Å². The Balaban J connectivity index is 2.50. The number of ketones is 1. The van der Waals surface area contributed by atoms with Gasteiger partial charge in [0.05, 0.1) is 6.54 Å². The molecule has 62 valence electrons. The van der Waals surface area contributed by atoms with Crippen LogP contribution in [0.3, 0.4) is 0 Å². The molecule has 1 aliphatic rings. The maximum absolute atomic E-state index is 11.1. The van der Waals surface area contributed by atoms with Crippen LogP contribution in [-0.2, 0) is 11.2 Å². The van der Waals surface area contributed by atoms with Crippen molar-refractivity contribution in [2.45, 2.75) is 6.42 Å². The first-order valence-corrected chi connectivity index (χ1v) is 3.90. The molecule has 2 rings (SSSR count). The van der Waals surface area contributed by atoms with Gasteiger partial charge in [-0.25, -0.2) is 0 Å². The number of fused-ring (bicyclic) bond motifs is 1. The number of anilines is 2. The fraction of sp³-hybridized carbons (Fsp3) is 0.222. The van der Waals surface area contributed by atoms with Gasteiger partial charge in [-0.3, -0.25) is 4.79 Å². The van der Waals surface area contributed by atoms with Crippen molar-refractivity contribution in [2.75, 3.05) is 17.6 Å². The van der Waals surface area contributed by atoms with Crippen LogP contribution in [0.2, 0.25) is 0 Å². The molecule has 1 heterocycles. The second-order valence-electron chi connectivity index (χ2n) is 2.94. The lowest BCUT2D eigenvalue weighted by atomic mass is 10.0. The third-order valence-corrected chi connectivity index (χ3v) is 2.06. The lowest BCUT2D eigenvalue weighted by Gasteiger charge is -2.18. The van der Waals surface area contributed by atoms with E-state index in [9.17, 15) is 4.79 Å². The number of nitrogens with two attached hydrogens (primary N) is 1. The number of carbonyl (C=O) groups is 1. The Kier molecular flexibility index (Phi) is 1.50. The SMILES string of the molecule is Nc1cccc2c1CC(=O)CN2. The van der Waals surface area contributed by atoms with Gasteiger partial charge in [0.2, 0.25) is 0 Å². The van der Waals surface area contributed by atoms with Crippen molar-refractivity contribution in [3.63, 3.8) is 0 Å². The van der Waals surface area contributed by atoms with Crippen LogP contribution in [0, 0.1) is 0 Å². The Hall–Kier alpha value is -1.51. The van der Waals surface area contributed by atoms with Crippen LogP contribution in [0.4, 0.5) is 11.4 Å². The average molecular weight is 162 g/mol. The lowest BCUT2D eigenvalue weighted by molar-refractivity contribution is -0.117. The van der Waals surface area contributed by atoms with E-state index < -0.39 is 0 Å². The van der Waals surface area contributed by atoms with Crippen LogP contribution < -0.4 is 11.1 Å². The molecule has 0 atom stereocenters. The fourth-order valence-electron chi connectivity index (χ4n) is 1.42. The fourth-order valence-corrected chi connectivity index (χ4v) is 1.42. The maximum atomic E-state index is 11.1. The molecule has 0 amide bonds. The molecule has 0 bridgehead atoms. The topological polar surface area (TPSA) is 55.1 Å². The smallest absolute Gasteiger partial charge is 0.156 e. The maximum Gasteiger partial charge on any atom is 0.156 e. The number of rotatable bonds is 0. The third kappa shape index (κ3) is 1.03. The Bertz CT molecular complexity index is 333. The molecule has 0 aromatic heterocycles. The molecule has 0 fully saturated rings. The zero-order valence-electron chi connectivity index (χ0n) is 6.63. The number of hydrogen-bond donors (Lipinski definition) is 2. The van der Waals surface area contributed by atoms with E-state index in [2.05, 4.69) is 5.32 Å². The van der Waals surface area contributed by atoms with E-state index in [4.69, 9.17) is 5.73 Å². The van der Waals surface area contributed by atoms with Crippen LogP contribution in [0.15, 0.2) is 18.2 Å². The van der Waals surface area contributed by atoms with Crippen LogP contribution in [0.1, 0.15) is 5.56 Å². The summed E-state index contributed by atoms with van der Waals surface area (Å²) < 4.78 is 0.